The summed E-state index contributed by atoms with van der Waals surface area (Å²) >= 11 is 0. The van der Waals surface area contributed by atoms with Gasteiger partial charge in [-0.2, -0.15) is 0 Å². The Balaban J connectivity index is 0.000000280. The number of halogens is 1. The number of carbonyl (C=O) groups is 3. The molecule has 0 bridgehead atoms. The van der Waals surface area contributed by atoms with E-state index in [1.165, 1.54) is 82.8 Å². The van der Waals surface area contributed by atoms with Crippen molar-refractivity contribution >= 4 is 17.5 Å². The number of carboxylic acid groups (broad SMARTS) is 1. The number of aliphatic hydroxyl groups is 3. The van der Waals surface area contributed by atoms with Crippen LogP contribution >= 0.6 is 0 Å². The van der Waals surface area contributed by atoms with Gasteiger partial charge in [0.1, 0.15) is 12.2 Å². The van der Waals surface area contributed by atoms with Gasteiger partial charge in [-0.25, -0.2) is 4.39 Å². The van der Waals surface area contributed by atoms with Crippen molar-refractivity contribution in [2.24, 2.45) is 28.6 Å². The van der Waals surface area contributed by atoms with E-state index in [9.17, 15) is 29.7 Å². The van der Waals surface area contributed by atoms with Crippen molar-refractivity contribution in [3.05, 3.63) is 23.8 Å². The number of unbranched alkanes of at least 4 members (excludes halogenated alkanes) is 12. The number of aliphatic hydroxyl groups excluding tert-OH is 2. The van der Waals surface area contributed by atoms with E-state index in [-0.39, 0.29) is 18.1 Å². The van der Waals surface area contributed by atoms with Gasteiger partial charge in [-0.05, 0) is 63.0 Å². The zero-order chi connectivity index (χ0) is 34.2. The highest BCUT2D eigenvalue weighted by atomic mass is 19.1. The Hall–Kier alpha value is -1.90. The maximum absolute atomic E-state index is 16.9. The predicted molar refractivity (Wildman–Crippen MR) is 178 cm³/mol. The topological polar surface area (TPSA) is 132 Å². The first-order valence-electron chi connectivity index (χ1n) is 18.1. The van der Waals surface area contributed by atoms with Crippen LogP contribution in [0.4, 0.5) is 4.39 Å². The Kier molecular flexibility index (Phi) is 13.8. The zero-order valence-electron chi connectivity index (χ0n) is 28.9. The first-order valence-corrected chi connectivity index (χ1v) is 18.1. The van der Waals surface area contributed by atoms with Gasteiger partial charge in [-0.1, -0.05) is 109 Å². The molecule has 0 amide bonds. The van der Waals surface area contributed by atoms with Gasteiger partial charge in [-0.3, -0.25) is 14.4 Å². The van der Waals surface area contributed by atoms with Gasteiger partial charge in [0.25, 0.3) is 0 Å². The highest BCUT2D eigenvalue weighted by Gasteiger charge is 2.75. The lowest BCUT2D eigenvalue weighted by Crippen LogP contribution is -2.69. The Morgan fingerprint density at radius 2 is 1.48 bits per heavy atom. The predicted octanol–water partition coefficient (Wildman–Crippen LogP) is 7.45. The van der Waals surface area contributed by atoms with Crippen molar-refractivity contribution in [1.82, 2.24) is 0 Å². The summed E-state index contributed by atoms with van der Waals surface area (Å²) in [5.74, 6) is -2.77. The number of hydrogen-bond donors (Lipinski definition) is 4. The third-order valence-corrected chi connectivity index (χ3v) is 12.3. The van der Waals surface area contributed by atoms with E-state index in [1.54, 1.807) is 26.8 Å². The Labute approximate surface area is 276 Å². The molecule has 3 saturated carbocycles. The van der Waals surface area contributed by atoms with Crippen LogP contribution in [-0.4, -0.2) is 61.9 Å². The smallest absolute Gasteiger partial charge is 0.303 e. The van der Waals surface area contributed by atoms with E-state index in [4.69, 9.17) is 5.11 Å². The van der Waals surface area contributed by atoms with Crippen LogP contribution in [0.1, 0.15) is 143 Å². The largest absolute Gasteiger partial charge is 0.481 e. The van der Waals surface area contributed by atoms with Crippen LogP contribution in [0.5, 0.6) is 0 Å². The number of fused-ring (bicyclic) bond motifs is 5. The molecule has 0 heterocycles. The van der Waals surface area contributed by atoms with E-state index < -0.39 is 58.4 Å². The molecule has 0 unspecified atom stereocenters. The van der Waals surface area contributed by atoms with Crippen LogP contribution < -0.4 is 0 Å². The maximum atomic E-state index is 16.9. The number of carbonyl (C=O) groups excluding carboxylic acids is 2. The molecule has 0 spiro atoms. The number of hydrogen-bond acceptors (Lipinski definition) is 6. The van der Waals surface area contributed by atoms with Crippen molar-refractivity contribution in [2.75, 3.05) is 6.61 Å². The van der Waals surface area contributed by atoms with Crippen LogP contribution in [0.2, 0.25) is 0 Å². The number of rotatable bonds is 16. The molecule has 262 valence electrons. The van der Waals surface area contributed by atoms with Gasteiger partial charge in [0, 0.05) is 23.2 Å². The number of allylic oxidation sites excluding steroid dienone is 4. The summed E-state index contributed by atoms with van der Waals surface area (Å²) in [6.45, 7) is 6.74. The van der Waals surface area contributed by atoms with Crippen LogP contribution in [0.25, 0.3) is 0 Å². The Bertz CT molecular complexity index is 1120. The molecule has 4 N–H and O–H groups in total. The minimum absolute atomic E-state index is 0.0676. The normalized spacial score (nSPS) is 36.2. The second kappa shape index (κ2) is 16.5. The summed E-state index contributed by atoms with van der Waals surface area (Å²) in [5.41, 5.74) is -5.17. The lowest BCUT2D eigenvalue weighted by Gasteiger charge is -2.62. The lowest BCUT2D eigenvalue weighted by atomic mass is 9.44. The molecular formula is C38H61FO7. The Morgan fingerprint density at radius 1 is 0.935 bits per heavy atom. The van der Waals surface area contributed by atoms with Crippen molar-refractivity contribution in [2.45, 2.75) is 161 Å². The third-order valence-electron chi connectivity index (χ3n) is 12.3. The number of alkyl halides is 1. The summed E-state index contributed by atoms with van der Waals surface area (Å²) < 4.78 is 16.9. The summed E-state index contributed by atoms with van der Waals surface area (Å²) in [6, 6.07) is 0. The number of aliphatic carboxylic acids is 1. The summed E-state index contributed by atoms with van der Waals surface area (Å²) in [6.07, 6.45) is 21.7. The van der Waals surface area contributed by atoms with Gasteiger partial charge < -0.3 is 20.4 Å². The number of Topliss-reactive ketones (excluding diaryl/α,β-unsaturated/α-hetero) is 1. The lowest BCUT2D eigenvalue weighted by molar-refractivity contribution is -0.219. The molecule has 3 fully saturated rings. The van der Waals surface area contributed by atoms with E-state index in [2.05, 4.69) is 6.92 Å². The molecular weight excluding hydrogens is 587 g/mol. The van der Waals surface area contributed by atoms with Gasteiger partial charge in [-0.15, -0.1) is 0 Å². The summed E-state index contributed by atoms with van der Waals surface area (Å²) in [5, 5.41) is 40.5. The molecule has 8 atom stereocenters. The second-order valence-electron chi connectivity index (χ2n) is 15.1. The highest BCUT2D eigenvalue weighted by molar-refractivity contribution is 6.01. The molecule has 8 heteroatoms. The fourth-order valence-electron chi connectivity index (χ4n) is 9.56. The van der Waals surface area contributed by atoms with Crippen LogP contribution in [0.15, 0.2) is 23.8 Å². The van der Waals surface area contributed by atoms with Gasteiger partial charge in [0.2, 0.25) is 0 Å². The average Bonchev–Trinajstić information content (AvgIpc) is 3.21. The summed E-state index contributed by atoms with van der Waals surface area (Å²) in [7, 11) is 0. The van der Waals surface area contributed by atoms with Crippen LogP contribution in [0.3, 0.4) is 0 Å². The van der Waals surface area contributed by atoms with Crippen LogP contribution in [0, 0.1) is 28.6 Å². The minimum atomic E-state index is -1.98. The van der Waals surface area contributed by atoms with Gasteiger partial charge in [0.15, 0.2) is 17.2 Å². The molecule has 4 rings (SSSR count). The summed E-state index contributed by atoms with van der Waals surface area (Å²) in [4.78, 5) is 34.7. The fraction of sp³-hybridized carbons (Fsp3) is 0.816. The molecule has 7 nitrogen and oxygen atoms in total. The fourth-order valence-corrected chi connectivity index (χ4v) is 9.56. The zero-order valence-corrected chi connectivity index (χ0v) is 28.9. The van der Waals surface area contributed by atoms with Gasteiger partial charge in [0.05, 0.1) is 6.10 Å². The molecule has 0 radical (unpaired) electrons. The van der Waals surface area contributed by atoms with Crippen molar-refractivity contribution in [3.63, 3.8) is 0 Å². The number of carboxylic acids is 1. The first-order chi connectivity index (χ1) is 21.7. The number of ketones is 2. The van der Waals surface area contributed by atoms with Crippen molar-refractivity contribution < 1.29 is 39.2 Å². The van der Waals surface area contributed by atoms with Crippen LogP contribution in [-0.2, 0) is 14.4 Å². The minimum Gasteiger partial charge on any atom is -0.481 e. The molecule has 4 aliphatic rings. The average molecular weight is 649 g/mol. The first kappa shape index (κ1) is 38.5. The molecule has 0 aliphatic heterocycles. The van der Waals surface area contributed by atoms with Gasteiger partial charge >= 0.3 is 5.97 Å². The second-order valence-corrected chi connectivity index (χ2v) is 15.1. The molecule has 0 aromatic rings. The van der Waals surface area contributed by atoms with Crippen molar-refractivity contribution in [1.29, 1.82) is 0 Å². The van der Waals surface area contributed by atoms with E-state index in [1.807, 2.05) is 0 Å². The maximum Gasteiger partial charge on any atom is 0.303 e. The molecule has 46 heavy (non-hydrogen) atoms. The quantitative estimate of drug-likeness (QED) is 0.128. The van der Waals surface area contributed by atoms with Crippen molar-refractivity contribution in [3.8, 4) is 0 Å². The van der Waals surface area contributed by atoms with E-state index in [0.29, 0.717) is 31.3 Å². The SMILES string of the molecule is CCCCCCCCCCCCCCCC(=O)O.C[C@@H]1C[C@H]2[C@@H]3CCC4=CC(=O)C=C[C@]4(C)[C@@]3(F)[C@@H](O)C[C@]2(C)[C@@]1(O)C(=O)CO. The molecule has 0 aromatic heterocycles. The molecule has 0 aromatic carbocycles. The van der Waals surface area contributed by atoms with E-state index >= 15 is 4.39 Å². The van der Waals surface area contributed by atoms with E-state index in [0.717, 1.165) is 12.8 Å². The molecule has 0 saturated heterocycles. The standard InChI is InChI=1S/C22H29FO5.C16H32O2/c1-12-8-16-15-5-4-13-9-14(25)6-7-19(13,2)21(15,23)17(26)10-20(16,3)22(12,28)18(27)11-24;1-2-3-4-5-6-7-8-9-10-11-12-13-14-15-16(17)18/h6-7,9,12,15-17,24,26,28H,4-5,8,10-11H2,1-3H3;2-15H2,1H3,(H,17,18)/t12-,15+,16+,17+,19+,20+,21+,22+;/m1./s1. The molecule has 4 aliphatic carbocycles. The monoisotopic (exact) mass is 648 g/mol. The third kappa shape index (κ3) is 7.54. The highest BCUT2D eigenvalue weighted by Crippen LogP contribution is 2.70. The Morgan fingerprint density at radius 3 is 2.00 bits per heavy atom.